The van der Waals surface area contributed by atoms with Crippen LogP contribution in [-0.2, 0) is 10.0 Å². The topological polar surface area (TPSA) is 97.0 Å². The number of carbonyl (C=O) groups is 1. The van der Waals surface area contributed by atoms with Crippen LogP contribution < -0.4 is 19.5 Å². The molecule has 1 unspecified atom stereocenters. The molecule has 3 aromatic carbocycles. The molecule has 0 spiro atoms. The Morgan fingerprint density at radius 3 is 2.49 bits per heavy atom. The Balaban J connectivity index is 1.46. The SMILES string of the molecule is CN(C)C(CNC(=O)c1cccc(NS(=O)(=O)c2ccc3c(c2)OCCO3)c1)c1cccc(F)c1. The van der Waals surface area contributed by atoms with Crippen molar-refractivity contribution in [1.29, 1.82) is 0 Å². The number of sulfonamides is 1. The summed E-state index contributed by atoms with van der Waals surface area (Å²) in [5.74, 6) is 0.122. The number of anilines is 1. The van der Waals surface area contributed by atoms with Crippen molar-refractivity contribution in [3.63, 3.8) is 0 Å². The second kappa shape index (κ2) is 10.3. The van der Waals surface area contributed by atoms with E-state index in [1.807, 2.05) is 19.0 Å². The Kier molecular flexibility index (Phi) is 7.23. The zero-order valence-electron chi connectivity index (χ0n) is 19.3. The molecule has 0 fully saturated rings. The lowest BCUT2D eigenvalue weighted by atomic mass is 10.1. The molecule has 0 aliphatic carbocycles. The predicted octanol–water partition coefficient (Wildman–Crippen LogP) is 3.43. The number of fused-ring (bicyclic) bond motifs is 1. The van der Waals surface area contributed by atoms with Gasteiger partial charge in [0.1, 0.15) is 19.0 Å². The van der Waals surface area contributed by atoms with Crippen LogP contribution in [0.15, 0.2) is 71.6 Å². The standard InChI is InChI=1S/C25H26FN3O5S/c1-29(2)22(17-5-3-7-19(26)13-17)16-27-25(30)18-6-4-8-20(14-18)28-35(31,32)21-9-10-23-24(15-21)34-12-11-33-23/h3-10,13-15,22,28H,11-12,16H2,1-2H3,(H,27,30). The van der Waals surface area contributed by atoms with Crippen LogP contribution in [-0.4, -0.2) is 53.1 Å². The maximum atomic E-state index is 13.7. The van der Waals surface area contributed by atoms with Gasteiger partial charge in [-0.3, -0.25) is 9.52 Å². The van der Waals surface area contributed by atoms with Crippen molar-refractivity contribution in [1.82, 2.24) is 10.2 Å². The van der Waals surface area contributed by atoms with Crippen molar-refractivity contribution < 1.29 is 27.1 Å². The number of hydrogen-bond acceptors (Lipinski definition) is 6. The molecule has 1 amide bonds. The molecular weight excluding hydrogens is 473 g/mol. The second-order valence-electron chi connectivity index (χ2n) is 8.24. The first-order valence-electron chi connectivity index (χ1n) is 11.0. The van der Waals surface area contributed by atoms with E-state index in [0.29, 0.717) is 24.7 Å². The van der Waals surface area contributed by atoms with Crippen LogP contribution in [0.25, 0.3) is 0 Å². The van der Waals surface area contributed by atoms with E-state index in [0.717, 1.165) is 5.56 Å². The maximum absolute atomic E-state index is 13.7. The zero-order valence-corrected chi connectivity index (χ0v) is 20.1. The first kappa shape index (κ1) is 24.5. The van der Waals surface area contributed by atoms with Crippen LogP contribution in [0.2, 0.25) is 0 Å². The van der Waals surface area contributed by atoms with Gasteiger partial charge >= 0.3 is 0 Å². The number of benzene rings is 3. The molecule has 0 bridgehead atoms. The molecule has 8 nitrogen and oxygen atoms in total. The minimum Gasteiger partial charge on any atom is -0.486 e. The van der Waals surface area contributed by atoms with E-state index in [9.17, 15) is 17.6 Å². The highest BCUT2D eigenvalue weighted by atomic mass is 32.2. The number of nitrogens with zero attached hydrogens (tertiary/aromatic N) is 1. The molecule has 4 rings (SSSR count). The van der Waals surface area contributed by atoms with Crippen LogP contribution in [0.3, 0.4) is 0 Å². The Labute approximate surface area is 203 Å². The third kappa shape index (κ3) is 5.90. The number of rotatable bonds is 8. The second-order valence-corrected chi connectivity index (χ2v) is 9.92. The van der Waals surface area contributed by atoms with Crippen molar-refractivity contribution in [2.24, 2.45) is 0 Å². The third-order valence-electron chi connectivity index (χ3n) is 5.51. The molecule has 0 radical (unpaired) electrons. The third-order valence-corrected chi connectivity index (χ3v) is 6.89. The van der Waals surface area contributed by atoms with E-state index in [-0.39, 0.29) is 40.5 Å². The quantitative estimate of drug-likeness (QED) is 0.493. The van der Waals surface area contributed by atoms with Crippen molar-refractivity contribution >= 4 is 21.6 Å². The molecular formula is C25H26FN3O5S. The van der Waals surface area contributed by atoms with Gasteiger partial charge < -0.3 is 19.7 Å². The van der Waals surface area contributed by atoms with Gasteiger partial charge in [-0.05, 0) is 62.1 Å². The molecule has 1 aliphatic rings. The number of nitrogens with one attached hydrogen (secondary N) is 2. The maximum Gasteiger partial charge on any atom is 0.262 e. The number of likely N-dealkylation sites (N-methyl/N-ethyl adjacent to an activating group) is 1. The van der Waals surface area contributed by atoms with E-state index in [1.165, 1.54) is 30.3 Å². The number of halogens is 1. The van der Waals surface area contributed by atoms with Crippen LogP contribution in [0.4, 0.5) is 10.1 Å². The van der Waals surface area contributed by atoms with Gasteiger partial charge in [0, 0.05) is 23.9 Å². The van der Waals surface area contributed by atoms with Gasteiger partial charge in [0.15, 0.2) is 11.5 Å². The van der Waals surface area contributed by atoms with E-state index < -0.39 is 10.0 Å². The summed E-state index contributed by atoms with van der Waals surface area (Å²) in [6.45, 7) is 0.987. The number of ether oxygens (including phenoxy) is 2. The number of amides is 1. The van der Waals surface area contributed by atoms with Crippen molar-refractivity contribution in [2.45, 2.75) is 10.9 Å². The van der Waals surface area contributed by atoms with Gasteiger partial charge in [0.25, 0.3) is 15.9 Å². The molecule has 0 saturated carbocycles. The summed E-state index contributed by atoms with van der Waals surface area (Å²) >= 11 is 0. The van der Waals surface area contributed by atoms with Crippen molar-refractivity contribution in [3.8, 4) is 11.5 Å². The predicted molar refractivity (Wildman–Crippen MR) is 130 cm³/mol. The van der Waals surface area contributed by atoms with Gasteiger partial charge in [-0.25, -0.2) is 12.8 Å². The molecule has 1 atom stereocenters. The minimum atomic E-state index is -3.93. The fourth-order valence-corrected chi connectivity index (χ4v) is 4.80. The number of carbonyl (C=O) groups excluding carboxylic acids is 1. The van der Waals surface area contributed by atoms with Crippen LogP contribution in [0, 0.1) is 5.82 Å². The highest BCUT2D eigenvalue weighted by Gasteiger charge is 2.21. The molecule has 1 heterocycles. The molecule has 1 aliphatic heterocycles. The Hall–Kier alpha value is -3.63. The fourth-order valence-electron chi connectivity index (χ4n) is 3.73. The summed E-state index contributed by atoms with van der Waals surface area (Å²) in [7, 11) is -0.241. The normalized spacial score (nSPS) is 13.8. The lowest BCUT2D eigenvalue weighted by Crippen LogP contribution is -2.34. The van der Waals surface area contributed by atoms with Gasteiger partial charge in [-0.1, -0.05) is 18.2 Å². The zero-order chi connectivity index (χ0) is 25.0. The van der Waals surface area contributed by atoms with E-state index in [1.54, 1.807) is 36.4 Å². The lowest BCUT2D eigenvalue weighted by Gasteiger charge is -2.25. The highest BCUT2D eigenvalue weighted by molar-refractivity contribution is 7.92. The monoisotopic (exact) mass is 499 g/mol. The van der Waals surface area contributed by atoms with Crippen molar-refractivity contribution in [2.75, 3.05) is 38.6 Å². The summed E-state index contributed by atoms with van der Waals surface area (Å²) in [6, 6.07) is 16.6. The summed E-state index contributed by atoms with van der Waals surface area (Å²) in [5, 5.41) is 2.84. The Morgan fingerprint density at radius 1 is 1.00 bits per heavy atom. The smallest absolute Gasteiger partial charge is 0.262 e. The van der Waals surface area contributed by atoms with E-state index >= 15 is 0 Å². The number of hydrogen-bond donors (Lipinski definition) is 2. The fraction of sp³-hybridized carbons (Fsp3) is 0.240. The first-order chi connectivity index (χ1) is 16.7. The van der Waals surface area contributed by atoms with Gasteiger partial charge in [-0.2, -0.15) is 0 Å². The van der Waals surface area contributed by atoms with Gasteiger partial charge in [-0.15, -0.1) is 0 Å². The molecule has 0 saturated heterocycles. The highest BCUT2D eigenvalue weighted by Crippen LogP contribution is 2.32. The average Bonchev–Trinajstić information content (AvgIpc) is 2.83. The van der Waals surface area contributed by atoms with Crippen LogP contribution >= 0.6 is 0 Å². The lowest BCUT2D eigenvalue weighted by molar-refractivity contribution is 0.0942. The summed E-state index contributed by atoms with van der Waals surface area (Å²) in [5.41, 5.74) is 1.25. The average molecular weight is 500 g/mol. The molecule has 3 aromatic rings. The van der Waals surface area contributed by atoms with Gasteiger partial charge in [0.2, 0.25) is 0 Å². The summed E-state index contributed by atoms with van der Waals surface area (Å²) in [6.07, 6.45) is 0. The molecule has 0 aromatic heterocycles. The van der Waals surface area contributed by atoms with E-state index in [2.05, 4.69) is 10.0 Å². The van der Waals surface area contributed by atoms with E-state index in [4.69, 9.17) is 9.47 Å². The first-order valence-corrected chi connectivity index (χ1v) is 12.4. The van der Waals surface area contributed by atoms with Crippen molar-refractivity contribution in [3.05, 3.63) is 83.7 Å². The Bertz CT molecular complexity index is 1330. The molecule has 35 heavy (non-hydrogen) atoms. The molecule has 184 valence electrons. The van der Waals surface area contributed by atoms with Gasteiger partial charge in [0.05, 0.1) is 10.9 Å². The van der Waals surface area contributed by atoms with Crippen LogP contribution in [0.1, 0.15) is 22.0 Å². The summed E-state index contributed by atoms with van der Waals surface area (Å²) < 4.78 is 52.9. The summed E-state index contributed by atoms with van der Waals surface area (Å²) in [4.78, 5) is 14.7. The molecule has 2 N–H and O–H groups in total. The Morgan fingerprint density at radius 2 is 1.74 bits per heavy atom. The largest absolute Gasteiger partial charge is 0.486 e. The van der Waals surface area contributed by atoms with Crippen LogP contribution in [0.5, 0.6) is 11.5 Å². The minimum absolute atomic E-state index is 0.0144. The molecule has 10 heteroatoms.